The summed E-state index contributed by atoms with van der Waals surface area (Å²) in [5, 5.41) is 20.6. The van der Waals surface area contributed by atoms with E-state index in [1.54, 1.807) is 24.3 Å². The van der Waals surface area contributed by atoms with Gasteiger partial charge in [0.1, 0.15) is 11.6 Å². The summed E-state index contributed by atoms with van der Waals surface area (Å²) in [7, 11) is 0. The van der Waals surface area contributed by atoms with Crippen molar-refractivity contribution in [2.75, 3.05) is 6.54 Å². The van der Waals surface area contributed by atoms with Crippen molar-refractivity contribution < 1.29 is 14.3 Å². The number of carbonyl (C=O) groups excluding carboxylic acids is 1. The molecule has 0 unspecified atom stereocenters. The number of halogens is 1. The minimum Gasteiger partial charge on any atom is -0.507 e. The fourth-order valence-electron chi connectivity index (χ4n) is 3.14. The number of phenolic OH excluding ortho intramolecular Hbond substituents is 1. The van der Waals surface area contributed by atoms with Crippen molar-refractivity contribution in [3.8, 4) is 16.9 Å². The number of carbonyl (C=O) groups is 1. The van der Waals surface area contributed by atoms with Gasteiger partial charge in [0.05, 0.1) is 30.0 Å². The second-order valence-electron chi connectivity index (χ2n) is 6.45. The van der Waals surface area contributed by atoms with Gasteiger partial charge < -0.3 is 15.7 Å². The maximum absolute atomic E-state index is 13.1. The SMILES string of the molecule is O=C(NCc1cc2n(n1)CCNC2)c1cc(-c2ccc(F)cc2)ccc1O. The Bertz CT molecular complexity index is 959. The minimum absolute atomic E-state index is 0.105. The molecule has 2 aromatic carbocycles. The molecule has 7 heteroatoms. The van der Waals surface area contributed by atoms with E-state index in [2.05, 4.69) is 15.7 Å². The Kier molecular flexibility index (Phi) is 4.60. The molecule has 1 aliphatic heterocycles. The molecule has 1 aromatic heterocycles. The first kappa shape index (κ1) is 17.2. The van der Waals surface area contributed by atoms with Crippen LogP contribution in [-0.2, 0) is 19.6 Å². The second kappa shape index (κ2) is 7.20. The lowest BCUT2D eigenvalue weighted by Crippen LogP contribution is -2.28. The van der Waals surface area contributed by atoms with Crippen LogP contribution in [0.4, 0.5) is 4.39 Å². The first-order valence-corrected chi connectivity index (χ1v) is 8.73. The zero-order valence-corrected chi connectivity index (χ0v) is 14.6. The molecule has 0 bridgehead atoms. The number of amides is 1. The first-order valence-electron chi connectivity index (χ1n) is 8.73. The van der Waals surface area contributed by atoms with Crippen molar-refractivity contribution in [3.63, 3.8) is 0 Å². The number of fused-ring (bicyclic) bond motifs is 1. The quantitative estimate of drug-likeness (QED) is 0.663. The Balaban J connectivity index is 1.50. The highest BCUT2D eigenvalue weighted by Crippen LogP contribution is 2.26. The van der Waals surface area contributed by atoms with Gasteiger partial charge in [-0.3, -0.25) is 9.48 Å². The van der Waals surface area contributed by atoms with Gasteiger partial charge in [0.25, 0.3) is 5.91 Å². The number of hydrogen-bond donors (Lipinski definition) is 3. The van der Waals surface area contributed by atoms with E-state index in [1.165, 1.54) is 18.2 Å². The Labute approximate surface area is 155 Å². The summed E-state index contributed by atoms with van der Waals surface area (Å²) in [4.78, 5) is 12.5. The number of benzene rings is 2. The van der Waals surface area contributed by atoms with E-state index in [9.17, 15) is 14.3 Å². The van der Waals surface area contributed by atoms with Crippen LogP contribution in [0.2, 0.25) is 0 Å². The molecular weight excluding hydrogens is 347 g/mol. The van der Waals surface area contributed by atoms with Crippen molar-refractivity contribution in [1.29, 1.82) is 0 Å². The summed E-state index contributed by atoms with van der Waals surface area (Å²) in [6.07, 6.45) is 0. The number of rotatable bonds is 4. The third-order valence-electron chi connectivity index (χ3n) is 4.57. The Morgan fingerprint density at radius 1 is 1.19 bits per heavy atom. The van der Waals surface area contributed by atoms with Crippen molar-refractivity contribution in [2.45, 2.75) is 19.6 Å². The fourth-order valence-corrected chi connectivity index (χ4v) is 3.14. The van der Waals surface area contributed by atoms with Crippen LogP contribution in [-0.4, -0.2) is 27.3 Å². The standard InChI is InChI=1S/C20H19FN4O2/c21-15-4-1-13(2-5-15)14-3-6-19(26)18(9-14)20(27)23-11-16-10-17-12-22-7-8-25(17)24-16/h1-6,9-10,22,26H,7-8,11-12H2,(H,23,27). The van der Waals surface area contributed by atoms with Crippen molar-refractivity contribution in [3.05, 3.63) is 71.3 Å². The van der Waals surface area contributed by atoms with E-state index < -0.39 is 0 Å². The van der Waals surface area contributed by atoms with E-state index in [0.29, 0.717) is 0 Å². The van der Waals surface area contributed by atoms with E-state index in [-0.39, 0.29) is 29.6 Å². The molecule has 0 fully saturated rings. The summed E-state index contributed by atoms with van der Waals surface area (Å²) < 4.78 is 15.0. The highest BCUT2D eigenvalue weighted by atomic mass is 19.1. The molecular formula is C20H19FN4O2. The lowest BCUT2D eigenvalue weighted by atomic mass is 10.0. The normalized spacial score (nSPS) is 13.2. The lowest BCUT2D eigenvalue weighted by molar-refractivity contribution is 0.0947. The van der Waals surface area contributed by atoms with Crippen LogP contribution < -0.4 is 10.6 Å². The summed E-state index contributed by atoms with van der Waals surface area (Å²) in [5.74, 6) is -0.819. The molecule has 0 radical (unpaired) electrons. The van der Waals surface area contributed by atoms with Crippen LogP contribution in [0.1, 0.15) is 21.7 Å². The van der Waals surface area contributed by atoms with Gasteiger partial charge in [-0.1, -0.05) is 18.2 Å². The molecule has 0 saturated carbocycles. The monoisotopic (exact) mass is 366 g/mol. The summed E-state index contributed by atoms with van der Waals surface area (Å²) in [6, 6.07) is 12.7. The maximum atomic E-state index is 13.1. The van der Waals surface area contributed by atoms with Crippen molar-refractivity contribution in [2.24, 2.45) is 0 Å². The summed E-state index contributed by atoms with van der Waals surface area (Å²) in [5.41, 5.74) is 3.52. The number of nitrogens with one attached hydrogen (secondary N) is 2. The molecule has 0 spiro atoms. The molecule has 1 amide bonds. The zero-order chi connectivity index (χ0) is 18.8. The van der Waals surface area contributed by atoms with Gasteiger partial charge in [0.15, 0.2) is 0 Å². The van der Waals surface area contributed by atoms with Gasteiger partial charge in [-0.15, -0.1) is 0 Å². The highest BCUT2D eigenvalue weighted by Gasteiger charge is 2.15. The predicted molar refractivity (Wildman–Crippen MR) is 98.6 cm³/mol. The van der Waals surface area contributed by atoms with Gasteiger partial charge in [-0.25, -0.2) is 4.39 Å². The Morgan fingerprint density at radius 3 is 2.74 bits per heavy atom. The van der Waals surface area contributed by atoms with Crippen LogP contribution in [0.15, 0.2) is 48.5 Å². The predicted octanol–water partition coefficient (Wildman–Crippen LogP) is 2.43. The maximum Gasteiger partial charge on any atom is 0.255 e. The summed E-state index contributed by atoms with van der Waals surface area (Å²) in [6.45, 7) is 2.73. The molecule has 4 rings (SSSR count). The Hall–Kier alpha value is -3.19. The van der Waals surface area contributed by atoms with Crippen LogP contribution in [0.25, 0.3) is 11.1 Å². The van der Waals surface area contributed by atoms with Crippen LogP contribution in [0.3, 0.4) is 0 Å². The average molecular weight is 366 g/mol. The van der Waals surface area contributed by atoms with E-state index >= 15 is 0 Å². The van der Waals surface area contributed by atoms with Crippen LogP contribution in [0, 0.1) is 5.82 Å². The molecule has 1 aliphatic rings. The number of aromatic hydroxyl groups is 1. The highest BCUT2D eigenvalue weighted by molar-refractivity contribution is 5.98. The van der Waals surface area contributed by atoms with Crippen molar-refractivity contribution >= 4 is 5.91 Å². The lowest BCUT2D eigenvalue weighted by Gasteiger charge is -2.13. The number of hydrogen-bond acceptors (Lipinski definition) is 4. The molecule has 2 heterocycles. The third-order valence-corrected chi connectivity index (χ3v) is 4.57. The third kappa shape index (κ3) is 3.68. The minimum atomic E-state index is -0.388. The van der Waals surface area contributed by atoms with Gasteiger partial charge in [-0.05, 0) is 41.5 Å². The van der Waals surface area contributed by atoms with Gasteiger partial charge in [0.2, 0.25) is 0 Å². The van der Waals surface area contributed by atoms with Gasteiger partial charge >= 0.3 is 0 Å². The molecule has 6 nitrogen and oxygen atoms in total. The number of aromatic nitrogens is 2. The van der Waals surface area contributed by atoms with Crippen LogP contribution >= 0.6 is 0 Å². The molecule has 0 saturated heterocycles. The number of nitrogens with zero attached hydrogens (tertiary/aromatic N) is 2. The first-order chi connectivity index (χ1) is 13.1. The molecule has 3 aromatic rings. The topological polar surface area (TPSA) is 79.2 Å². The smallest absolute Gasteiger partial charge is 0.255 e. The van der Waals surface area contributed by atoms with E-state index in [4.69, 9.17) is 0 Å². The molecule has 27 heavy (non-hydrogen) atoms. The molecule has 0 aliphatic carbocycles. The van der Waals surface area contributed by atoms with Crippen molar-refractivity contribution in [1.82, 2.24) is 20.4 Å². The molecule has 138 valence electrons. The average Bonchev–Trinajstić information content (AvgIpc) is 3.10. The van der Waals surface area contributed by atoms with Gasteiger partial charge in [0, 0.05) is 13.1 Å². The molecule has 3 N–H and O–H groups in total. The zero-order valence-electron chi connectivity index (χ0n) is 14.6. The Morgan fingerprint density at radius 2 is 1.96 bits per heavy atom. The van der Waals surface area contributed by atoms with E-state index in [1.807, 2.05) is 10.7 Å². The second-order valence-corrected chi connectivity index (χ2v) is 6.45. The van der Waals surface area contributed by atoms with Crippen LogP contribution in [0.5, 0.6) is 5.75 Å². The van der Waals surface area contributed by atoms with E-state index in [0.717, 1.165) is 42.1 Å². The fraction of sp³-hybridized carbons (Fsp3) is 0.200. The summed E-state index contributed by atoms with van der Waals surface area (Å²) >= 11 is 0. The largest absolute Gasteiger partial charge is 0.507 e. The molecule has 0 atom stereocenters. The van der Waals surface area contributed by atoms with Gasteiger partial charge in [-0.2, -0.15) is 5.10 Å². The number of phenols is 1.